The lowest BCUT2D eigenvalue weighted by atomic mass is 10.1. The van der Waals surface area contributed by atoms with Gasteiger partial charge in [-0.15, -0.1) is 0 Å². The minimum Gasteiger partial charge on any atom is -0.360 e. The molecule has 0 aliphatic carbocycles. The second-order valence-electron chi connectivity index (χ2n) is 6.39. The summed E-state index contributed by atoms with van der Waals surface area (Å²) in [5.74, 6) is -0.336. The van der Waals surface area contributed by atoms with Gasteiger partial charge in [0.25, 0.3) is 5.91 Å². The number of hydrogen-bond acceptors (Lipinski definition) is 4. The van der Waals surface area contributed by atoms with E-state index in [4.69, 9.17) is 0 Å². The number of carbonyl (C=O) groups excluding carboxylic acids is 1. The van der Waals surface area contributed by atoms with E-state index in [-0.39, 0.29) is 10.8 Å². The minimum absolute atomic E-state index is 0.149. The summed E-state index contributed by atoms with van der Waals surface area (Å²) in [6.07, 6.45) is -1.02. The molecule has 0 aromatic heterocycles. The molecule has 1 unspecified atom stereocenters. The van der Waals surface area contributed by atoms with Gasteiger partial charge < -0.3 is 10.2 Å². The topological polar surface area (TPSA) is 78.5 Å². The maximum Gasteiger partial charge on any atom is 0.261 e. The fourth-order valence-electron chi connectivity index (χ4n) is 3.07. The Bertz CT molecular complexity index is 905. The Morgan fingerprint density at radius 1 is 1.12 bits per heavy atom. The molecule has 2 aromatic carbocycles. The second-order valence-corrected chi connectivity index (χ2v) is 8.07. The molecule has 25 heavy (non-hydrogen) atoms. The van der Waals surface area contributed by atoms with E-state index in [0.29, 0.717) is 12.2 Å². The summed E-state index contributed by atoms with van der Waals surface area (Å²) in [5, 5.41) is 2.96. The maximum absolute atomic E-state index is 12.7. The molecule has 0 bridgehead atoms. The van der Waals surface area contributed by atoms with Gasteiger partial charge >= 0.3 is 0 Å². The second kappa shape index (κ2) is 6.50. The number of nitrogens with zero attached hydrogens (tertiary/aromatic N) is 1. The van der Waals surface area contributed by atoms with Crippen LogP contribution < -0.4 is 10.0 Å². The van der Waals surface area contributed by atoms with Crippen molar-refractivity contribution >= 4 is 21.6 Å². The van der Waals surface area contributed by atoms with Crippen LogP contribution in [0, 0.1) is 13.8 Å². The van der Waals surface area contributed by atoms with Gasteiger partial charge in [0.1, 0.15) is 4.90 Å². The summed E-state index contributed by atoms with van der Waals surface area (Å²) in [6, 6.07) is 12.6. The van der Waals surface area contributed by atoms with Crippen LogP contribution in [-0.2, 0) is 21.4 Å². The molecule has 6 nitrogen and oxygen atoms in total. The van der Waals surface area contributed by atoms with Crippen LogP contribution in [0.1, 0.15) is 16.7 Å². The molecule has 1 heterocycles. The molecule has 132 valence electrons. The number of amides is 1. The molecule has 1 aliphatic rings. The SMILES string of the molecule is Cc1cc(C)cc(CN(C)C(=O)C2Nc3ccccc3S(=O)(=O)N2)c1. The Labute approximate surface area is 147 Å². The van der Waals surface area contributed by atoms with Gasteiger partial charge in [0.05, 0.1) is 5.69 Å². The van der Waals surface area contributed by atoms with Crippen molar-refractivity contribution in [1.82, 2.24) is 9.62 Å². The van der Waals surface area contributed by atoms with Gasteiger partial charge in [-0.3, -0.25) is 4.79 Å². The van der Waals surface area contributed by atoms with E-state index < -0.39 is 16.2 Å². The average Bonchev–Trinajstić information content (AvgIpc) is 2.52. The molecule has 2 N–H and O–H groups in total. The zero-order valence-electron chi connectivity index (χ0n) is 14.4. The van der Waals surface area contributed by atoms with Crippen LogP contribution in [0.15, 0.2) is 47.4 Å². The zero-order chi connectivity index (χ0) is 18.2. The van der Waals surface area contributed by atoms with Gasteiger partial charge in [0, 0.05) is 13.6 Å². The molecule has 7 heteroatoms. The Morgan fingerprint density at radius 2 is 1.76 bits per heavy atom. The number of hydrogen-bond donors (Lipinski definition) is 2. The number of nitrogens with one attached hydrogen (secondary N) is 2. The number of para-hydroxylation sites is 1. The fraction of sp³-hybridized carbons (Fsp3) is 0.278. The third kappa shape index (κ3) is 3.67. The average molecular weight is 359 g/mol. The van der Waals surface area contributed by atoms with Crippen LogP contribution in [0.3, 0.4) is 0 Å². The van der Waals surface area contributed by atoms with Gasteiger partial charge in [0.2, 0.25) is 10.0 Å². The van der Waals surface area contributed by atoms with E-state index in [9.17, 15) is 13.2 Å². The van der Waals surface area contributed by atoms with E-state index >= 15 is 0 Å². The monoisotopic (exact) mass is 359 g/mol. The van der Waals surface area contributed by atoms with Gasteiger partial charge in [-0.05, 0) is 31.5 Å². The Morgan fingerprint density at radius 3 is 2.44 bits per heavy atom. The van der Waals surface area contributed by atoms with Gasteiger partial charge in [-0.1, -0.05) is 41.5 Å². The first-order valence-electron chi connectivity index (χ1n) is 7.96. The number of aryl methyl sites for hydroxylation is 2. The lowest BCUT2D eigenvalue weighted by Gasteiger charge is -2.30. The van der Waals surface area contributed by atoms with Crippen molar-refractivity contribution in [2.24, 2.45) is 0 Å². The van der Waals surface area contributed by atoms with E-state index in [1.165, 1.54) is 11.0 Å². The molecule has 1 amide bonds. The van der Waals surface area contributed by atoms with Crippen molar-refractivity contribution in [2.45, 2.75) is 31.5 Å². The van der Waals surface area contributed by atoms with Crippen molar-refractivity contribution in [3.05, 3.63) is 59.2 Å². The molecule has 0 radical (unpaired) electrons. The number of fused-ring (bicyclic) bond motifs is 1. The number of carbonyl (C=O) groups is 1. The predicted molar refractivity (Wildman–Crippen MR) is 96.6 cm³/mol. The summed E-state index contributed by atoms with van der Waals surface area (Å²) < 4.78 is 27.1. The summed E-state index contributed by atoms with van der Waals surface area (Å²) in [5.41, 5.74) is 3.69. The van der Waals surface area contributed by atoms with Crippen LogP contribution in [0.25, 0.3) is 0 Å². The highest BCUT2D eigenvalue weighted by atomic mass is 32.2. The minimum atomic E-state index is -3.72. The number of benzene rings is 2. The summed E-state index contributed by atoms with van der Waals surface area (Å²) in [4.78, 5) is 14.4. The highest BCUT2D eigenvalue weighted by Crippen LogP contribution is 2.25. The lowest BCUT2D eigenvalue weighted by molar-refractivity contribution is -0.131. The van der Waals surface area contributed by atoms with Crippen molar-refractivity contribution in [2.75, 3.05) is 12.4 Å². The van der Waals surface area contributed by atoms with Crippen LogP contribution in [0.2, 0.25) is 0 Å². The van der Waals surface area contributed by atoms with Gasteiger partial charge in [0.15, 0.2) is 6.17 Å². The molecular weight excluding hydrogens is 338 g/mol. The summed E-state index contributed by atoms with van der Waals surface area (Å²) in [7, 11) is -2.05. The van der Waals surface area contributed by atoms with Crippen molar-refractivity contribution in [3.8, 4) is 0 Å². The highest BCUT2D eigenvalue weighted by molar-refractivity contribution is 7.89. The van der Waals surface area contributed by atoms with Gasteiger partial charge in [-0.25, -0.2) is 8.42 Å². The molecule has 0 saturated heterocycles. The first-order valence-corrected chi connectivity index (χ1v) is 9.44. The summed E-state index contributed by atoms with van der Waals surface area (Å²) >= 11 is 0. The Hall–Kier alpha value is -2.38. The Balaban J connectivity index is 1.79. The van der Waals surface area contributed by atoms with Gasteiger partial charge in [-0.2, -0.15) is 4.72 Å². The Kier molecular flexibility index (Phi) is 4.53. The number of sulfonamides is 1. The van der Waals surface area contributed by atoms with E-state index in [1.54, 1.807) is 25.2 Å². The fourth-order valence-corrected chi connectivity index (χ4v) is 4.34. The summed E-state index contributed by atoms with van der Waals surface area (Å²) in [6.45, 7) is 4.42. The highest BCUT2D eigenvalue weighted by Gasteiger charge is 2.34. The predicted octanol–water partition coefficient (Wildman–Crippen LogP) is 1.99. The van der Waals surface area contributed by atoms with Crippen molar-refractivity contribution < 1.29 is 13.2 Å². The third-order valence-electron chi connectivity index (χ3n) is 4.07. The van der Waals surface area contributed by atoms with Crippen LogP contribution in [0.5, 0.6) is 0 Å². The van der Waals surface area contributed by atoms with E-state index in [0.717, 1.165) is 16.7 Å². The molecule has 0 fully saturated rings. The molecule has 1 aliphatic heterocycles. The molecule has 1 atom stereocenters. The van der Waals surface area contributed by atoms with Crippen molar-refractivity contribution in [1.29, 1.82) is 0 Å². The number of anilines is 1. The molecular formula is C18H21N3O3S. The quantitative estimate of drug-likeness (QED) is 0.879. The number of rotatable bonds is 3. The van der Waals surface area contributed by atoms with Crippen LogP contribution >= 0.6 is 0 Å². The van der Waals surface area contributed by atoms with E-state index in [1.807, 2.05) is 26.0 Å². The van der Waals surface area contributed by atoms with Crippen LogP contribution in [-0.4, -0.2) is 32.4 Å². The normalized spacial score (nSPS) is 18.1. The van der Waals surface area contributed by atoms with Crippen LogP contribution in [0.4, 0.5) is 5.69 Å². The zero-order valence-corrected chi connectivity index (χ0v) is 15.2. The first-order chi connectivity index (χ1) is 11.8. The maximum atomic E-state index is 12.7. The van der Waals surface area contributed by atoms with E-state index in [2.05, 4.69) is 16.1 Å². The molecule has 0 saturated carbocycles. The van der Waals surface area contributed by atoms with Crippen molar-refractivity contribution in [3.63, 3.8) is 0 Å². The lowest BCUT2D eigenvalue weighted by Crippen LogP contribution is -2.53. The molecule has 0 spiro atoms. The molecule has 2 aromatic rings. The largest absolute Gasteiger partial charge is 0.360 e. The number of likely N-dealkylation sites (N-methyl/N-ethyl adjacent to an activating group) is 1. The molecule has 3 rings (SSSR count). The smallest absolute Gasteiger partial charge is 0.261 e. The first kappa shape index (κ1) is 17.4. The standard InChI is InChI=1S/C18H21N3O3S/c1-12-8-13(2)10-14(9-12)11-21(3)18(22)17-19-15-6-4-5-7-16(15)25(23,24)20-17/h4-10,17,19-20H,11H2,1-3H3. The third-order valence-corrected chi connectivity index (χ3v) is 5.55.